The van der Waals surface area contributed by atoms with Crippen molar-refractivity contribution in [1.82, 2.24) is 24.9 Å². The third kappa shape index (κ3) is 4.64. The molecule has 0 radical (unpaired) electrons. The van der Waals surface area contributed by atoms with Gasteiger partial charge in [0.15, 0.2) is 0 Å². The van der Waals surface area contributed by atoms with E-state index in [1.165, 1.54) is 28.5 Å². The van der Waals surface area contributed by atoms with Crippen LogP contribution in [0.5, 0.6) is 0 Å². The fourth-order valence-corrected chi connectivity index (χ4v) is 5.21. The van der Waals surface area contributed by atoms with Gasteiger partial charge in [-0.3, -0.25) is 4.79 Å². The van der Waals surface area contributed by atoms with Gasteiger partial charge in [-0.05, 0) is 55.4 Å². The number of hydrogen-bond acceptors (Lipinski definition) is 5. The number of carbonyl (C=O) groups excluding carboxylic acids is 1. The molecule has 0 fully saturated rings. The summed E-state index contributed by atoms with van der Waals surface area (Å²) in [6.45, 7) is 4.07. The topological polar surface area (TPSA) is 72.2 Å². The van der Waals surface area contributed by atoms with Crippen LogP contribution < -0.4 is 5.32 Å². The van der Waals surface area contributed by atoms with Crippen LogP contribution in [0.15, 0.2) is 59.8 Å². The smallest absolute Gasteiger partial charge is 0.253 e. The maximum Gasteiger partial charge on any atom is 0.253 e. The van der Waals surface area contributed by atoms with Crippen molar-refractivity contribution in [2.24, 2.45) is 0 Å². The van der Waals surface area contributed by atoms with Crippen LogP contribution in [0.2, 0.25) is 0 Å². The molecule has 0 saturated heterocycles. The van der Waals surface area contributed by atoms with Crippen molar-refractivity contribution < 1.29 is 4.79 Å². The summed E-state index contributed by atoms with van der Waals surface area (Å²) in [4.78, 5) is 21.9. The summed E-state index contributed by atoms with van der Waals surface area (Å²) in [6, 6.07) is 18.8. The fraction of sp³-hybridized carbons (Fsp3) is 0.308. The molecule has 0 bridgehead atoms. The lowest BCUT2D eigenvalue weighted by Crippen LogP contribution is -2.32. The lowest BCUT2D eigenvalue weighted by atomic mass is 9.88. The Labute approximate surface area is 197 Å². The number of amides is 1. The second-order valence-corrected chi connectivity index (χ2v) is 9.47. The molecule has 1 N–H and O–H groups in total. The van der Waals surface area contributed by atoms with Crippen molar-refractivity contribution in [3.63, 3.8) is 0 Å². The van der Waals surface area contributed by atoms with Crippen LogP contribution in [0.1, 0.15) is 52.5 Å². The predicted octanol–water partition coefficient (Wildman–Crippen LogP) is 4.62. The number of fused-ring (bicyclic) bond motifs is 2. The molecule has 0 saturated carbocycles. The van der Waals surface area contributed by atoms with Crippen LogP contribution in [0.4, 0.5) is 0 Å². The molecule has 168 valence electrons. The van der Waals surface area contributed by atoms with E-state index in [0.717, 1.165) is 42.6 Å². The average Bonchev–Trinajstić information content (AvgIpc) is 3.24. The zero-order chi connectivity index (χ0) is 22.8. The van der Waals surface area contributed by atoms with E-state index in [4.69, 9.17) is 0 Å². The van der Waals surface area contributed by atoms with Gasteiger partial charge >= 0.3 is 0 Å². The van der Waals surface area contributed by atoms with E-state index in [2.05, 4.69) is 57.6 Å². The molecule has 33 heavy (non-hydrogen) atoms. The van der Waals surface area contributed by atoms with Crippen LogP contribution in [-0.4, -0.2) is 31.2 Å². The Balaban J connectivity index is 1.28. The first-order chi connectivity index (χ1) is 16.1. The number of thioether (sulfide) groups is 1. The molecule has 0 unspecified atom stereocenters. The van der Waals surface area contributed by atoms with Gasteiger partial charge in [0.1, 0.15) is 0 Å². The summed E-state index contributed by atoms with van der Waals surface area (Å²) >= 11 is 1.35. The second-order valence-electron chi connectivity index (χ2n) is 8.53. The molecule has 2 heterocycles. The van der Waals surface area contributed by atoms with Crippen molar-refractivity contribution in [2.45, 2.75) is 50.7 Å². The molecule has 4 aromatic rings. The molecular formula is C26H27N5OS. The Kier molecular flexibility index (Phi) is 6.13. The van der Waals surface area contributed by atoms with Gasteiger partial charge in [0.2, 0.25) is 11.1 Å². The highest BCUT2D eigenvalue weighted by Crippen LogP contribution is 2.29. The first kappa shape index (κ1) is 21.6. The summed E-state index contributed by atoms with van der Waals surface area (Å²) in [5.74, 6) is 0.863. The number of hydrogen-bond donors (Lipinski definition) is 1. The number of benzene rings is 2. The zero-order valence-corrected chi connectivity index (χ0v) is 19.7. The molecule has 7 heteroatoms. The maximum absolute atomic E-state index is 12.7. The summed E-state index contributed by atoms with van der Waals surface area (Å²) in [5, 5.41) is 8.41. The number of carbonyl (C=O) groups is 1. The summed E-state index contributed by atoms with van der Waals surface area (Å²) in [7, 11) is 0. The lowest BCUT2D eigenvalue weighted by Gasteiger charge is -2.26. The second kappa shape index (κ2) is 9.35. The molecular weight excluding hydrogens is 430 g/mol. The Morgan fingerprint density at radius 1 is 1.09 bits per heavy atom. The van der Waals surface area contributed by atoms with Gasteiger partial charge in [0.05, 0.1) is 11.8 Å². The van der Waals surface area contributed by atoms with E-state index in [1.807, 2.05) is 31.2 Å². The minimum Gasteiger partial charge on any atom is -0.349 e. The van der Waals surface area contributed by atoms with E-state index < -0.39 is 0 Å². The van der Waals surface area contributed by atoms with Crippen molar-refractivity contribution in [2.75, 3.05) is 5.75 Å². The van der Waals surface area contributed by atoms with E-state index in [9.17, 15) is 4.79 Å². The van der Waals surface area contributed by atoms with Gasteiger partial charge in [-0.1, -0.05) is 66.4 Å². The molecule has 2 aromatic carbocycles. The molecule has 1 aliphatic rings. The normalized spacial score (nSPS) is 15.4. The predicted molar refractivity (Wildman–Crippen MR) is 130 cm³/mol. The Morgan fingerprint density at radius 3 is 2.73 bits per heavy atom. The van der Waals surface area contributed by atoms with Crippen LogP contribution in [0.25, 0.3) is 5.78 Å². The first-order valence-electron chi connectivity index (χ1n) is 11.4. The van der Waals surface area contributed by atoms with Crippen LogP contribution in [0.3, 0.4) is 0 Å². The average molecular weight is 458 g/mol. The number of rotatable bonds is 6. The van der Waals surface area contributed by atoms with Crippen molar-refractivity contribution in [1.29, 1.82) is 0 Å². The number of aryl methyl sites for hydroxylation is 3. The largest absolute Gasteiger partial charge is 0.349 e. The van der Waals surface area contributed by atoms with Gasteiger partial charge < -0.3 is 5.32 Å². The Hall–Kier alpha value is -3.19. The fourth-order valence-electron chi connectivity index (χ4n) is 4.58. The highest BCUT2D eigenvalue weighted by Gasteiger charge is 2.22. The molecule has 0 aliphatic heterocycles. The number of nitrogens with one attached hydrogen (secondary N) is 1. The van der Waals surface area contributed by atoms with Gasteiger partial charge in [0, 0.05) is 17.8 Å². The van der Waals surface area contributed by atoms with Crippen LogP contribution >= 0.6 is 11.8 Å². The first-order valence-corrected chi connectivity index (χ1v) is 12.3. The minimum atomic E-state index is 0.00573. The standard InChI is InChI=1S/C26H27N5OS/c1-17-22(15-19-9-4-3-5-10-19)18(2)31-25(27-17)29-26(30-31)33-16-24(32)28-23-14-8-12-20-11-6-7-13-21(20)23/h3-7,9-11,13,23H,8,12,14-16H2,1-2H3,(H,28,32)/t23-/m0/s1. The molecule has 5 rings (SSSR count). The van der Waals surface area contributed by atoms with Gasteiger partial charge in [-0.15, -0.1) is 5.10 Å². The van der Waals surface area contributed by atoms with Gasteiger partial charge in [-0.2, -0.15) is 4.98 Å². The van der Waals surface area contributed by atoms with Crippen molar-refractivity contribution in [3.8, 4) is 0 Å². The summed E-state index contributed by atoms with van der Waals surface area (Å²) < 4.78 is 1.79. The lowest BCUT2D eigenvalue weighted by molar-refractivity contribution is -0.119. The van der Waals surface area contributed by atoms with E-state index in [0.29, 0.717) is 10.9 Å². The molecule has 1 aliphatic carbocycles. The maximum atomic E-state index is 12.7. The molecule has 6 nitrogen and oxygen atoms in total. The quantitative estimate of drug-likeness (QED) is 0.428. The van der Waals surface area contributed by atoms with Gasteiger partial charge in [-0.25, -0.2) is 9.50 Å². The minimum absolute atomic E-state index is 0.00573. The van der Waals surface area contributed by atoms with E-state index in [1.54, 1.807) is 4.52 Å². The van der Waals surface area contributed by atoms with Gasteiger partial charge in [0.25, 0.3) is 5.78 Å². The molecule has 2 aromatic heterocycles. The third-order valence-corrected chi connectivity index (χ3v) is 7.13. The van der Waals surface area contributed by atoms with Crippen LogP contribution in [0, 0.1) is 13.8 Å². The summed E-state index contributed by atoms with van der Waals surface area (Å²) in [6.07, 6.45) is 3.96. The molecule has 0 spiro atoms. The molecule has 1 amide bonds. The highest BCUT2D eigenvalue weighted by molar-refractivity contribution is 7.99. The Morgan fingerprint density at radius 2 is 1.88 bits per heavy atom. The SMILES string of the molecule is Cc1nc2nc(SCC(=O)N[C@H]3CCCc4ccccc43)nn2c(C)c1Cc1ccccc1. The zero-order valence-electron chi connectivity index (χ0n) is 18.9. The Bertz CT molecular complexity index is 1300. The monoisotopic (exact) mass is 457 g/mol. The highest BCUT2D eigenvalue weighted by atomic mass is 32.2. The number of nitrogens with zero attached hydrogens (tertiary/aromatic N) is 4. The van der Waals surface area contributed by atoms with E-state index >= 15 is 0 Å². The third-order valence-electron chi connectivity index (χ3n) is 6.29. The summed E-state index contributed by atoms with van der Waals surface area (Å²) in [5.41, 5.74) is 6.97. The van der Waals surface area contributed by atoms with Crippen molar-refractivity contribution in [3.05, 3.63) is 88.2 Å². The van der Waals surface area contributed by atoms with E-state index in [-0.39, 0.29) is 17.7 Å². The van der Waals surface area contributed by atoms with Crippen LogP contribution in [-0.2, 0) is 17.6 Å². The van der Waals surface area contributed by atoms with Crippen molar-refractivity contribution >= 4 is 23.4 Å². The molecule has 1 atom stereocenters. The number of aromatic nitrogens is 4.